The van der Waals surface area contributed by atoms with Gasteiger partial charge >= 0.3 is 5.97 Å². The van der Waals surface area contributed by atoms with E-state index >= 15 is 0 Å². The van der Waals surface area contributed by atoms with E-state index in [2.05, 4.69) is 12.2 Å². The average Bonchev–Trinajstić information content (AvgIpc) is 3.37. The Morgan fingerprint density at radius 2 is 1.44 bits per heavy atom. The van der Waals surface area contributed by atoms with Crippen LogP contribution in [0.1, 0.15) is 39.7 Å². The van der Waals surface area contributed by atoms with Gasteiger partial charge < -0.3 is 29.3 Å². The fraction of sp³-hybridized carbons (Fsp3) is 0.316. The van der Waals surface area contributed by atoms with Crippen molar-refractivity contribution in [2.45, 2.75) is 18.3 Å². The van der Waals surface area contributed by atoms with Crippen LogP contribution in [0, 0.1) is 0 Å². The second-order valence-corrected chi connectivity index (χ2v) is 6.36. The minimum absolute atomic E-state index is 0.0315. The van der Waals surface area contributed by atoms with Crippen molar-refractivity contribution in [2.24, 2.45) is 0 Å². The summed E-state index contributed by atoms with van der Waals surface area (Å²) < 4.78 is 17.3. The van der Waals surface area contributed by atoms with Gasteiger partial charge in [0.05, 0.1) is 21.3 Å². The van der Waals surface area contributed by atoms with E-state index in [1.54, 1.807) is 0 Å². The van der Waals surface area contributed by atoms with Crippen molar-refractivity contribution in [2.75, 3.05) is 21.3 Å². The molecule has 27 heavy (non-hydrogen) atoms. The van der Waals surface area contributed by atoms with Crippen LogP contribution >= 0.6 is 0 Å². The molecule has 0 radical (unpaired) electrons. The Labute approximate surface area is 155 Å². The summed E-state index contributed by atoms with van der Waals surface area (Å²) in [4.78, 5) is 18.1. The lowest BCUT2D eigenvalue weighted by Gasteiger charge is -2.23. The molecule has 8 nitrogen and oxygen atoms in total. The zero-order valence-electron chi connectivity index (χ0n) is 15.1. The second kappa shape index (κ2) is 6.15. The largest absolute Gasteiger partial charge is 0.495 e. The highest BCUT2D eigenvalue weighted by atomic mass is 16.7. The molecule has 2 atom stereocenters. The van der Waals surface area contributed by atoms with E-state index in [1.165, 1.54) is 33.5 Å². The lowest BCUT2D eigenvalue weighted by atomic mass is 9.91. The number of aromatic nitrogens is 1. The molecule has 0 fully saturated rings. The van der Waals surface area contributed by atoms with E-state index in [4.69, 9.17) is 19.0 Å². The molecule has 2 N–H and O–H groups in total. The summed E-state index contributed by atoms with van der Waals surface area (Å²) in [5, 5.41) is 19.5. The van der Waals surface area contributed by atoms with Crippen LogP contribution in [0.25, 0.3) is 0 Å². The van der Waals surface area contributed by atoms with Crippen LogP contribution in [-0.4, -0.2) is 42.2 Å². The lowest BCUT2D eigenvalue weighted by Crippen LogP contribution is -2.22. The Bertz CT molecular complexity index is 940. The van der Waals surface area contributed by atoms with Gasteiger partial charge in [-0.1, -0.05) is 12.2 Å². The third-order valence-electron chi connectivity index (χ3n) is 5.05. The molecule has 0 aliphatic heterocycles. The van der Waals surface area contributed by atoms with E-state index in [1.807, 2.05) is 0 Å². The van der Waals surface area contributed by atoms with Crippen LogP contribution in [0.15, 0.2) is 24.3 Å². The lowest BCUT2D eigenvalue weighted by molar-refractivity contribution is 0.0373. The zero-order chi connectivity index (χ0) is 19.3. The van der Waals surface area contributed by atoms with Gasteiger partial charge in [0.25, 0.3) is 0 Å². The maximum absolute atomic E-state index is 13.0. The average molecular weight is 373 g/mol. The Morgan fingerprint density at radius 3 is 1.96 bits per heavy atom. The monoisotopic (exact) mass is 373 g/mol. The molecule has 1 heterocycles. The number of aromatic hydroxyl groups is 2. The fourth-order valence-corrected chi connectivity index (χ4v) is 4.00. The van der Waals surface area contributed by atoms with E-state index in [0.717, 1.165) is 17.5 Å². The van der Waals surface area contributed by atoms with Gasteiger partial charge in [0, 0.05) is 35.1 Å². The van der Waals surface area contributed by atoms with Crippen LogP contribution in [0.4, 0.5) is 0 Å². The number of carbonyl (C=O) groups excluding carboxylic acids is 1. The van der Waals surface area contributed by atoms with Gasteiger partial charge in [0.2, 0.25) is 11.8 Å². The number of allylic oxidation sites excluding steroid dienone is 2. The predicted molar refractivity (Wildman–Crippen MR) is 94.0 cm³/mol. The van der Waals surface area contributed by atoms with Gasteiger partial charge in [-0.2, -0.15) is 0 Å². The molecule has 0 saturated heterocycles. The Balaban J connectivity index is 1.90. The molecule has 2 aliphatic carbocycles. The fourth-order valence-electron chi connectivity index (χ4n) is 4.00. The first kappa shape index (κ1) is 17.1. The number of hydrogen-bond acceptors (Lipinski definition) is 7. The molecular weight excluding hydrogens is 354 g/mol. The van der Waals surface area contributed by atoms with Crippen molar-refractivity contribution in [3.05, 3.63) is 41.0 Å². The van der Waals surface area contributed by atoms with E-state index < -0.39 is 17.7 Å². The summed E-state index contributed by atoms with van der Waals surface area (Å²) >= 11 is 0. The molecule has 0 spiro atoms. The van der Waals surface area contributed by atoms with Crippen LogP contribution in [-0.2, 0) is 0 Å². The van der Waals surface area contributed by atoms with Crippen LogP contribution in [0.3, 0.4) is 0 Å². The Kier molecular flexibility index (Phi) is 3.91. The quantitative estimate of drug-likeness (QED) is 0.776. The highest BCUT2D eigenvalue weighted by Gasteiger charge is 2.43. The third kappa shape index (κ3) is 2.33. The molecule has 142 valence electrons. The van der Waals surface area contributed by atoms with Crippen molar-refractivity contribution in [3.63, 3.8) is 0 Å². The van der Waals surface area contributed by atoms with Crippen LogP contribution in [0.5, 0.6) is 29.0 Å². The van der Waals surface area contributed by atoms with Crippen molar-refractivity contribution >= 4 is 5.97 Å². The molecule has 4 rings (SSSR count). The maximum atomic E-state index is 13.0. The summed E-state index contributed by atoms with van der Waals surface area (Å²) in [5.41, 5.74) is 1.85. The molecule has 2 aliphatic rings. The number of fused-ring (bicyclic) bond motifs is 5. The van der Waals surface area contributed by atoms with Gasteiger partial charge in [0.1, 0.15) is 11.3 Å². The first-order valence-corrected chi connectivity index (χ1v) is 8.38. The van der Waals surface area contributed by atoms with Crippen LogP contribution in [0.2, 0.25) is 0 Å². The number of carbonyl (C=O) groups is 1. The van der Waals surface area contributed by atoms with Crippen molar-refractivity contribution < 1.29 is 34.1 Å². The smallest absolute Gasteiger partial charge is 0.371 e. The zero-order valence-corrected chi connectivity index (χ0v) is 15.1. The second-order valence-electron chi connectivity index (χ2n) is 6.36. The maximum Gasteiger partial charge on any atom is 0.371 e. The third-order valence-corrected chi connectivity index (χ3v) is 5.05. The van der Waals surface area contributed by atoms with Gasteiger partial charge in [-0.15, -0.1) is 4.73 Å². The Hall–Kier alpha value is -3.29. The van der Waals surface area contributed by atoms with Gasteiger partial charge in [-0.3, -0.25) is 0 Å². The van der Waals surface area contributed by atoms with Gasteiger partial charge in [-0.05, 0) is 6.42 Å². The van der Waals surface area contributed by atoms with E-state index in [0.29, 0.717) is 16.2 Å². The minimum atomic E-state index is -0.863. The van der Waals surface area contributed by atoms with E-state index in [-0.39, 0.29) is 23.1 Å². The molecule has 0 saturated carbocycles. The number of nitrogens with zero attached hydrogens (tertiary/aromatic N) is 1. The topological polar surface area (TPSA) is 99.4 Å². The molecule has 2 bridgehead atoms. The first-order chi connectivity index (χ1) is 13.0. The van der Waals surface area contributed by atoms with Crippen molar-refractivity contribution in [1.82, 2.24) is 4.73 Å². The number of rotatable bonds is 5. The Morgan fingerprint density at radius 1 is 0.926 bits per heavy atom. The predicted octanol–water partition coefficient (Wildman–Crippen LogP) is 2.33. The highest BCUT2D eigenvalue weighted by Crippen LogP contribution is 2.59. The number of methoxy groups -OCH3 is 3. The van der Waals surface area contributed by atoms with Gasteiger partial charge in [0.15, 0.2) is 11.5 Å². The molecule has 1 aromatic heterocycles. The SMILES string of the molecule is COc1c(OC)c2c(c(OC)c1C(=O)On1c(O)ccc1O)C1C=CC2C1. The van der Waals surface area contributed by atoms with E-state index in [9.17, 15) is 15.0 Å². The molecule has 2 aromatic rings. The number of benzene rings is 1. The summed E-state index contributed by atoms with van der Waals surface area (Å²) in [5.74, 6) is -0.440. The number of ether oxygens (including phenoxy) is 3. The van der Waals surface area contributed by atoms with Crippen molar-refractivity contribution in [3.8, 4) is 29.0 Å². The first-order valence-electron chi connectivity index (χ1n) is 8.38. The van der Waals surface area contributed by atoms with Gasteiger partial charge in [-0.25, -0.2) is 4.79 Å². The molecular formula is C19H19NO7. The van der Waals surface area contributed by atoms with Crippen molar-refractivity contribution in [1.29, 1.82) is 0 Å². The molecule has 0 amide bonds. The standard InChI is InChI=1S/C19H19NO7/c1-24-16-13-9-4-5-10(8-9)14(13)17(25-2)18(26-3)15(16)19(23)27-20-11(21)6-7-12(20)22/h4-7,9-10,21-22H,8H2,1-3H3. The molecule has 1 aromatic carbocycles. The summed E-state index contributed by atoms with van der Waals surface area (Å²) in [6.45, 7) is 0. The molecule has 2 unspecified atom stereocenters. The summed E-state index contributed by atoms with van der Waals surface area (Å²) in [6.07, 6.45) is 5.07. The summed E-state index contributed by atoms with van der Waals surface area (Å²) in [7, 11) is 4.41. The minimum Gasteiger partial charge on any atom is -0.495 e. The highest BCUT2D eigenvalue weighted by molar-refractivity contribution is 5.99. The van der Waals surface area contributed by atoms with Crippen LogP contribution < -0.4 is 19.0 Å². The normalized spacial score (nSPS) is 19.1. The summed E-state index contributed by atoms with van der Waals surface area (Å²) in [6, 6.07) is 2.40. The number of hydrogen-bond donors (Lipinski definition) is 2. The molecule has 8 heteroatoms.